The first-order valence-corrected chi connectivity index (χ1v) is 5.17. The van der Waals surface area contributed by atoms with Crippen molar-refractivity contribution in [3.05, 3.63) is 39.2 Å². The Labute approximate surface area is 102 Å². The van der Waals surface area contributed by atoms with E-state index in [1.54, 1.807) is 0 Å². The Hall–Kier alpha value is -2.02. The third-order valence-electron chi connectivity index (χ3n) is 2.40. The fraction of sp³-hybridized carbons (Fsp3) is 0.364. The molecule has 0 heterocycles. The minimum atomic E-state index is -0.964. The Bertz CT molecular complexity index is 475. The number of halogens is 1. The number of aliphatic hydroxyl groups is 1. The van der Waals surface area contributed by atoms with Gasteiger partial charge >= 0.3 is 5.97 Å². The van der Waals surface area contributed by atoms with Crippen molar-refractivity contribution >= 4 is 11.7 Å². The quantitative estimate of drug-likeness (QED) is 0.489. The van der Waals surface area contributed by atoms with Crippen LogP contribution in [0.2, 0.25) is 0 Å². The lowest BCUT2D eigenvalue weighted by atomic mass is 10.0. The molecule has 0 spiro atoms. The van der Waals surface area contributed by atoms with Gasteiger partial charge in [-0.25, -0.2) is 9.18 Å². The number of carbonyl (C=O) groups is 1. The van der Waals surface area contributed by atoms with Gasteiger partial charge in [0.25, 0.3) is 5.69 Å². The Balaban J connectivity index is 3.39. The van der Waals surface area contributed by atoms with E-state index >= 15 is 0 Å². The third kappa shape index (κ3) is 2.80. The average Bonchev–Trinajstić information content (AvgIpc) is 2.35. The molecule has 0 bridgehead atoms. The summed E-state index contributed by atoms with van der Waals surface area (Å²) in [6.45, 7) is -0.206. The molecule has 0 fully saturated rings. The first-order valence-electron chi connectivity index (χ1n) is 5.17. The number of aliphatic hydroxyl groups excluding tert-OH is 1. The summed E-state index contributed by atoms with van der Waals surface area (Å²) in [5.74, 6) is -1.69. The number of benzene rings is 1. The Morgan fingerprint density at radius 1 is 1.56 bits per heavy atom. The molecule has 7 heteroatoms. The SMILES string of the molecule is COC(=O)c1c([N+](=O)[O-])ccc(F)c1CCCO. The predicted molar refractivity (Wildman–Crippen MR) is 59.8 cm³/mol. The first-order chi connectivity index (χ1) is 8.52. The summed E-state index contributed by atoms with van der Waals surface area (Å²) in [6.07, 6.45) is 0.219. The molecule has 1 aromatic carbocycles. The lowest BCUT2D eigenvalue weighted by Gasteiger charge is -2.09. The molecule has 1 rings (SSSR count). The van der Waals surface area contributed by atoms with Crippen LogP contribution in [-0.2, 0) is 11.2 Å². The van der Waals surface area contributed by atoms with E-state index in [1.165, 1.54) is 0 Å². The maximum absolute atomic E-state index is 13.6. The summed E-state index contributed by atoms with van der Waals surface area (Å²) in [7, 11) is 1.06. The number of nitrogens with zero attached hydrogens (tertiary/aromatic N) is 1. The maximum Gasteiger partial charge on any atom is 0.345 e. The first kappa shape index (κ1) is 14.0. The van der Waals surface area contributed by atoms with Crippen molar-refractivity contribution in [1.29, 1.82) is 0 Å². The molecule has 98 valence electrons. The number of hydrogen-bond acceptors (Lipinski definition) is 5. The van der Waals surface area contributed by atoms with E-state index in [4.69, 9.17) is 5.11 Å². The van der Waals surface area contributed by atoms with E-state index in [0.29, 0.717) is 0 Å². The highest BCUT2D eigenvalue weighted by Crippen LogP contribution is 2.26. The molecule has 0 radical (unpaired) electrons. The zero-order chi connectivity index (χ0) is 13.7. The Morgan fingerprint density at radius 3 is 2.72 bits per heavy atom. The third-order valence-corrected chi connectivity index (χ3v) is 2.40. The van der Waals surface area contributed by atoms with Crippen molar-refractivity contribution in [1.82, 2.24) is 0 Å². The molecule has 0 unspecified atom stereocenters. The maximum atomic E-state index is 13.6. The summed E-state index contributed by atoms with van der Waals surface area (Å²) in [6, 6.07) is 1.85. The zero-order valence-electron chi connectivity index (χ0n) is 9.68. The van der Waals surface area contributed by atoms with Gasteiger partial charge in [0, 0.05) is 18.2 Å². The fourth-order valence-corrected chi connectivity index (χ4v) is 1.59. The number of ether oxygens (including phenoxy) is 1. The van der Waals surface area contributed by atoms with Crippen LogP contribution in [0.25, 0.3) is 0 Å². The van der Waals surface area contributed by atoms with Gasteiger partial charge in [-0.1, -0.05) is 0 Å². The average molecular weight is 257 g/mol. The van der Waals surface area contributed by atoms with Crippen molar-refractivity contribution in [2.24, 2.45) is 0 Å². The number of nitro groups is 1. The van der Waals surface area contributed by atoms with E-state index in [9.17, 15) is 19.3 Å². The minimum absolute atomic E-state index is 0.0223. The number of methoxy groups -OCH3 is 1. The van der Waals surface area contributed by atoms with Crippen LogP contribution < -0.4 is 0 Å². The minimum Gasteiger partial charge on any atom is -0.465 e. The van der Waals surface area contributed by atoms with Crippen molar-refractivity contribution in [3.63, 3.8) is 0 Å². The molecule has 0 aliphatic heterocycles. The van der Waals surface area contributed by atoms with Gasteiger partial charge < -0.3 is 9.84 Å². The van der Waals surface area contributed by atoms with Crippen molar-refractivity contribution < 1.29 is 24.0 Å². The van der Waals surface area contributed by atoms with Crippen LogP contribution >= 0.6 is 0 Å². The summed E-state index contributed by atoms with van der Waals surface area (Å²) in [5, 5.41) is 19.5. The molecule has 0 aliphatic carbocycles. The fourth-order valence-electron chi connectivity index (χ4n) is 1.59. The second kappa shape index (κ2) is 6.06. The summed E-state index contributed by atoms with van der Waals surface area (Å²) in [4.78, 5) is 21.6. The normalized spacial score (nSPS) is 10.2. The van der Waals surface area contributed by atoms with Crippen LogP contribution in [0.1, 0.15) is 22.3 Å². The zero-order valence-corrected chi connectivity index (χ0v) is 9.68. The van der Waals surface area contributed by atoms with Crippen LogP contribution in [0.15, 0.2) is 12.1 Å². The van der Waals surface area contributed by atoms with E-state index < -0.39 is 28.0 Å². The number of hydrogen-bond donors (Lipinski definition) is 1. The second-order valence-electron chi connectivity index (χ2n) is 3.50. The molecule has 1 aromatic rings. The van der Waals surface area contributed by atoms with Crippen LogP contribution in [0.5, 0.6) is 0 Å². The molecular weight excluding hydrogens is 245 g/mol. The Kier molecular flexibility index (Phi) is 4.73. The van der Waals surface area contributed by atoms with Crippen molar-refractivity contribution in [2.45, 2.75) is 12.8 Å². The molecule has 0 amide bonds. The number of rotatable bonds is 5. The summed E-state index contributed by atoms with van der Waals surface area (Å²) < 4.78 is 18.0. The second-order valence-corrected chi connectivity index (χ2v) is 3.50. The summed E-state index contributed by atoms with van der Waals surface area (Å²) >= 11 is 0. The monoisotopic (exact) mass is 257 g/mol. The van der Waals surface area contributed by atoms with Gasteiger partial charge in [0.2, 0.25) is 0 Å². The molecule has 0 saturated carbocycles. The standard InChI is InChI=1S/C11H12FNO5/c1-18-11(15)10-7(3-2-6-14)8(12)4-5-9(10)13(16)17/h4-5,14H,2-3,6H2,1H3. The summed E-state index contributed by atoms with van der Waals surface area (Å²) in [5.41, 5.74) is -1.00. The van der Waals surface area contributed by atoms with Gasteiger partial charge in [-0.3, -0.25) is 10.1 Å². The van der Waals surface area contributed by atoms with Crippen LogP contribution in [0.4, 0.5) is 10.1 Å². The van der Waals surface area contributed by atoms with Gasteiger partial charge in [0.1, 0.15) is 11.4 Å². The van der Waals surface area contributed by atoms with Gasteiger partial charge in [-0.05, 0) is 18.9 Å². The highest BCUT2D eigenvalue weighted by Gasteiger charge is 2.27. The van der Waals surface area contributed by atoms with Crippen LogP contribution in [-0.4, -0.2) is 29.7 Å². The predicted octanol–water partition coefficient (Wildman–Crippen LogP) is 1.45. The van der Waals surface area contributed by atoms with Crippen LogP contribution in [0.3, 0.4) is 0 Å². The van der Waals surface area contributed by atoms with Gasteiger partial charge in [-0.2, -0.15) is 0 Å². The van der Waals surface area contributed by atoms with E-state index in [-0.39, 0.29) is 25.0 Å². The number of nitro benzene ring substituents is 1. The molecular formula is C11H12FNO5. The van der Waals surface area contributed by atoms with Gasteiger partial charge in [0.05, 0.1) is 12.0 Å². The highest BCUT2D eigenvalue weighted by atomic mass is 19.1. The molecule has 1 N–H and O–H groups in total. The van der Waals surface area contributed by atoms with E-state index in [1.807, 2.05) is 0 Å². The number of carbonyl (C=O) groups excluding carboxylic acids is 1. The van der Waals surface area contributed by atoms with Crippen molar-refractivity contribution in [3.8, 4) is 0 Å². The van der Waals surface area contributed by atoms with Gasteiger partial charge in [0.15, 0.2) is 0 Å². The van der Waals surface area contributed by atoms with Gasteiger partial charge in [-0.15, -0.1) is 0 Å². The van der Waals surface area contributed by atoms with E-state index in [2.05, 4.69) is 4.74 Å². The molecule has 6 nitrogen and oxygen atoms in total. The largest absolute Gasteiger partial charge is 0.465 e. The molecule has 0 saturated heterocycles. The Morgan fingerprint density at radius 2 is 2.22 bits per heavy atom. The smallest absolute Gasteiger partial charge is 0.345 e. The van der Waals surface area contributed by atoms with Crippen molar-refractivity contribution in [2.75, 3.05) is 13.7 Å². The van der Waals surface area contributed by atoms with Crippen LogP contribution in [0, 0.1) is 15.9 Å². The lowest BCUT2D eigenvalue weighted by molar-refractivity contribution is -0.385. The molecule has 0 atom stereocenters. The molecule has 18 heavy (non-hydrogen) atoms. The van der Waals surface area contributed by atoms with E-state index in [0.717, 1.165) is 19.2 Å². The number of esters is 1. The highest BCUT2D eigenvalue weighted by molar-refractivity contribution is 5.95. The molecule has 0 aromatic heterocycles. The topological polar surface area (TPSA) is 89.7 Å². The lowest BCUT2D eigenvalue weighted by Crippen LogP contribution is -2.12. The molecule has 0 aliphatic rings.